The first-order valence-corrected chi connectivity index (χ1v) is 7.79. The minimum Gasteiger partial charge on any atom is -0.476 e. The van der Waals surface area contributed by atoms with Crippen molar-refractivity contribution in [3.8, 4) is 0 Å². The zero-order valence-electron chi connectivity index (χ0n) is 10.5. The molecule has 1 rings (SSSR count). The fourth-order valence-corrected chi connectivity index (χ4v) is 4.23. The van der Waals surface area contributed by atoms with E-state index in [9.17, 15) is 13.2 Å². The number of carbonyl (C=O) groups is 1. The number of nitrogens with zero attached hydrogens (tertiary/aromatic N) is 2. The van der Waals surface area contributed by atoms with Gasteiger partial charge in [0.15, 0.2) is 9.90 Å². The van der Waals surface area contributed by atoms with Gasteiger partial charge in [-0.15, -0.1) is 11.3 Å². The summed E-state index contributed by atoms with van der Waals surface area (Å²) in [4.78, 5) is 14.5. The summed E-state index contributed by atoms with van der Waals surface area (Å²) in [7, 11) is -2.32. The third-order valence-corrected chi connectivity index (χ3v) is 6.00. The monoisotopic (exact) mass is 292 g/mol. The lowest BCUT2D eigenvalue weighted by Gasteiger charge is -2.23. The second kappa shape index (κ2) is 5.77. The van der Waals surface area contributed by atoms with E-state index in [0.29, 0.717) is 0 Å². The van der Waals surface area contributed by atoms with Crippen molar-refractivity contribution < 1.29 is 18.3 Å². The Hall–Kier alpha value is -0.990. The molecule has 0 radical (unpaired) electrons. The summed E-state index contributed by atoms with van der Waals surface area (Å²) < 4.78 is 25.5. The van der Waals surface area contributed by atoms with Gasteiger partial charge in [0.1, 0.15) is 0 Å². The van der Waals surface area contributed by atoms with Crippen LogP contribution in [0.4, 0.5) is 0 Å². The largest absolute Gasteiger partial charge is 0.476 e. The second-order valence-electron chi connectivity index (χ2n) is 3.95. The number of thiazole rings is 1. The molecule has 1 heterocycles. The number of sulfonamides is 1. The average molecular weight is 292 g/mol. The van der Waals surface area contributed by atoms with Gasteiger partial charge in [-0.25, -0.2) is 18.2 Å². The molecule has 1 N–H and O–H groups in total. The molecule has 0 aliphatic rings. The van der Waals surface area contributed by atoms with Gasteiger partial charge in [0, 0.05) is 13.1 Å². The summed E-state index contributed by atoms with van der Waals surface area (Å²) in [5, 5.41) is 8.90. The molecular weight excluding hydrogens is 276 g/mol. The fourth-order valence-electron chi connectivity index (χ4n) is 1.53. The molecule has 0 aromatic carbocycles. The first-order chi connectivity index (χ1) is 8.32. The lowest BCUT2D eigenvalue weighted by Crippen LogP contribution is -2.35. The SMILES string of the molecule is CCCC(C)N(C)S(=O)(=O)c1scnc1C(=O)O. The van der Waals surface area contributed by atoms with Crippen LogP contribution in [0.5, 0.6) is 0 Å². The molecule has 0 aliphatic carbocycles. The van der Waals surface area contributed by atoms with Crippen molar-refractivity contribution >= 4 is 27.3 Å². The molecule has 0 aliphatic heterocycles. The normalized spacial score (nSPS) is 13.8. The minimum absolute atomic E-state index is 0.177. The zero-order valence-corrected chi connectivity index (χ0v) is 12.1. The summed E-state index contributed by atoms with van der Waals surface area (Å²) in [6.07, 6.45) is 1.58. The van der Waals surface area contributed by atoms with Gasteiger partial charge in [-0.1, -0.05) is 13.3 Å². The van der Waals surface area contributed by atoms with E-state index < -0.39 is 21.7 Å². The van der Waals surface area contributed by atoms with E-state index in [1.165, 1.54) is 16.9 Å². The molecule has 0 amide bonds. The highest BCUT2D eigenvalue weighted by Gasteiger charge is 2.31. The van der Waals surface area contributed by atoms with Gasteiger partial charge in [-0.2, -0.15) is 4.31 Å². The van der Waals surface area contributed by atoms with E-state index in [2.05, 4.69) is 4.98 Å². The third-order valence-electron chi connectivity index (χ3n) is 2.68. The van der Waals surface area contributed by atoms with Crippen LogP contribution in [0.2, 0.25) is 0 Å². The van der Waals surface area contributed by atoms with Crippen molar-refractivity contribution in [3.05, 3.63) is 11.2 Å². The maximum Gasteiger partial charge on any atom is 0.356 e. The molecule has 8 heteroatoms. The lowest BCUT2D eigenvalue weighted by molar-refractivity contribution is 0.0687. The third kappa shape index (κ3) is 2.88. The van der Waals surface area contributed by atoms with Crippen LogP contribution in [0.1, 0.15) is 37.2 Å². The van der Waals surface area contributed by atoms with Crippen molar-refractivity contribution in [3.63, 3.8) is 0 Å². The molecule has 0 bridgehead atoms. The number of rotatable bonds is 6. The maximum atomic E-state index is 12.3. The van der Waals surface area contributed by atoms with E-state index in [1.807, 2.05) is 6.92 Å². The van der Waals surface area contributed by atoms with E-state index in [4.69, 9.17) is 5.11 Å². The Balaban J connectivity index is 3.13. The van der Waals surface area contributed by atoms with Crippen molar-refractivity contribution in [2.24, 2.45) is 0 Å². The zero-order chi connectivity index (χ0) is 13.9. The van der Waals surface area contributed by atoms with Gasteiger partial charge in [0.2, 0.25) is 0 Å². The quantitative estimate of drug-likeness (QED) is 0.861. The van der Waals surface area contributed by atoms with Gasteiger partial charge in [0.25, 0.3) is 10.0 Å². The Morgan fingerprint density at radius 3 is 2.72 bits per heavy atom. The van der Waals surface area contributed by atoms with Crippen molar-refractivity contribution in [2.75, 3.05) is 7.05 Å². The summed E-state index contributed by atoms with van der Waals surface area (Å²) in [5.74, 6) is -1.33. The predicted octanol–water partition coefficient (Wildman–Crippen LogP) is 1.65. The van der Waals surface area contributed by atoms with Crippen LogP contribution in [-0.4, -0.2) is 41.9 Å². The summed E-state index contributed by atoms with van der Waals surface area (Å²) in [6, 6.07) is -0.177. The molecule has 0 spiro atoms. The summed E-state index contributed by atoms with van der Waals surface area (Å²) >= 11 is 0.827. The van der Waals surface area contributed by atoms with Crippen molar-refractivity contribution in [1.82, 2.24) is 9.29 Å². The highest BCUT2D eigenvalue weighted by atomic mass is 32.2. The lowest BCUT2D eigenvalue weighted by atomic mass is 10.2. The average Bonchev–Trinajstić information content (AvgIpc) is 2.77. The molecule has 1 unspecified atom stereocenters. The maximum absolute atomic E-state index is 12.3. The Labute approximate surface area is 110 Å². The topological polar surface area (TPSA) is 87.6 Å². The van der Waals surface area contributed by atoms with Crippen LogP contribution < -0.4 is 0 Å². The Morgan fingerprint density at radius 1 is 1.61 bits per heavy atom. The molecule has 6 nitrogen and oxygen atoms in total. The number of aromatic nitrogens is 1. The second-order valence-corrected chi connectivity index (χ2v) is 7.00. The smallest absolute Gasteiger partial charge is 0.356 e. The van der Waals surface area contributed by atoms with Gasteiger partial charge < -0.3 is 5.11 Å². The Morgan fingerprint density at radius 2 is 2.22 bits per heavy atom. The van der Waals surface area contributed by atoms with E-state index in [0.717, 1.165) is 24.2 Å². The minimum atomic E-state index is -3.78. The summed E-state index contributed by atoms with van der Waals surface area (Å²) in [6.45, 7) is 3.76. The Bertz CT molecular complexity index is 524. The predicted molar refractivity (Wildman–Crippen MR) is 68.4 cm³/mol. The van der Waals surface area contributed by atoms with E-state index in [1.54, 1.807) is 6.92 Å². The van der Waals surface area contributed by atoms with Gasteiger partial charge in [-0.3, -0.25) is 0 Å². The molecule has 0 saturated carbocycles. The number of aromatic carboxylic acids is 1. The van der Waals surface area contributed by atoms with Crippen LogP contribution in [0, 0.1) is 0 Å². The molecule has 18 heavy (non-hydrogen) atoms. The van der Waals surface area contributed by atoms with Gasteiger partial charge in [0.05, 0.1) is 5.51 Å². The number of carboxylic acid groups (broad SMARTS) is 1. The van der Waals surface area contributed by atoms with Crippen LogP contribution in [0.25, 0.3) is 0 Å². The molecule has 0 saturated heterocycles. The molecule has 1 aromatic heterocycles. The van der Waals surface area contributed by atoms with Crippen LogP contribution in [0.3, 0.4) is 0 Å². The molecule has 0 fully saturated rings. The molecule has 1 atom stereocenters. The van der Waals surface area contributed by atoms with E-state index in [-0.39, 0.29) is 10.3 Å². The number of hydrogen-bond acceptors (Lipinski definition) is 5. The molecule has 1 aromatic rings. The van der Waals surface area contributed by atoms with Crippen LogP contribution >= 0.6 is 11.3 Å². The van der Waals surface area contributed by atoms with Crippen LogP contribution in [-0.2, 0) is 10.0 Å². The standard InChI is InChI=1S/C10H16N2O4S2/c1-4-5-7(2)12(3)18(15,16)10-8(9(13)14)11-6-17-10/h6-7H,4-5H2,1-3H3,(H,13,14). The van der Waals surface area contributed by atoms with Gasteiger partial charge in [-0.05, 0) is 13.3 Å². The fraction of sp³-hybridized carbons (Fsp3) is 0.600. The van der Waals surface area contributed by atoms with Crippen molar-refractivity contribution in [2.45, 2.75) is 36.9 Å². The number of hydrogen-bond donors (Lipinski definition) is 1. The number of carboxylic acids is 1. The first-order valence-electron chi connectivity index (χ1n) is 5.47. The highest BCUT2D eigenvalue weighted by Crippen LogP contribution is 2.25. The Kier molecular flexibility index (Phi) is 4.83. The van der Waals surface area contributed by atoms with Gasteiger partial charge >= 0.3 is 5.97 Å². The molecule has 102 valence electrons. The van der Waals surface area contributed by atoms with Crippen molar-refractivity contribution in [1.29, 1.82) is 0 Å². The molecular formula is C10H16N2O4S2. The first kappa shape index (κ1) is 15.1. The summed E-state index contributed by atoms with van der Waals surface area (Å²) in [5.41, 5.74) is 0.824. The highest BCUT2D eigenvalue weighted by molar-refractivity contribution is 7.91. The van der Waals surface area contributed by atoms with E-state index >= 15 is 0 Å². The van der Waals surface area contributed by atoms with Crippen LogP contribution in [0.15, 0.2) is 9.72 Å².